The lowest BCUT2D eigenvalue weighted by atomic mass is 10.1. The topological polar surface area (TPSA) is 46.1 Å². The molecule has 2 aliphatic rings. The van der Waals surface area contributed by atoms with E-state index in [1.165, 1.54) is 6.07 Å². The van der Waals surface area contributed by atoms with Crippen molar-refractivity contribution in [3.05, 3.63) is 29.8 Å². The van der Waals surface area contributed by atoms with Gasteiger partial charge in [-0.2, -0.15) is 0 Å². The van der Waals surface area contributed by atoms with Crippen molar-refractivity contribution in [1.29, 1.82) is 0 Å². The Labute approximate surface area is 157 Å². The first kappa shape index (κ1) is 19.8. The number of nitrogens with one attached hydrogen (secondary N) is 1. The maximum atomic E-state index is 12.6. The summed E-state index contributed by atoms with van der Waals surface area (Å²) >= 11 is 0. The van der Waals surface area contributed by atoms with Gasteiger partial charge in [0.05, 0.1) is 6.61 Å². The molecule has 1 saturated carbocycles. The summed E-state index contributed by atoms with van der Waals surface area (Å²) in [6, 6.07) is 6.41. The zero-order valence-electron chi connectivity index (χ0n) is 15.6. The summed E-state index contributed by atoms with van der Waals surface area (Å²) in [4.78, 5) is 6.62. The Bertz CT molecular complexity index is 660. The summed E-state index contributed by atoms with van der Waals surface area (Å²) in [6.45, 7) is 5.01. The fourth-order valence-corrected chi connectivity index (χ4v) is 3.50. The van der Waals surface area contributed by atoms with Crippen LogP contribution in [0.3, 0.4) is 0 Å². The van der Waals surface area contributed by atoms with Gasteiger partial charge in [0.25, 0.3) is 0 Å². The van der Waals surface area contributed by atoms with Crippen LogP contribution in [-0.2, 0) is 4.74 Å². The molecule has 0 amide bonds. The summed E-state index contributed by atoms with van der Waals surface area (Å²) in [7, 11) is 1.98. The molecular formula is C19H26F3N3O2. The second-order valence-electron chi connectivity index (χ2n) is 7.09. The summed E-state index contributed by atoms with van der Waals surface area (Å²) < 4.78 is 47.5. The summed E-state index contributed by atoms with van der Waals surface area (Å²) in [5.74, 6) is 1.12. The Morgan fingerprint density at radius 1 is 1.37 bits per heavy atom. The predicted molar refractivity (Wildman–Crippen MR) is 96.9 cm³/mol. The van der Waals surface area contributed by atoms with Crippen LogP contribution in [0.2, 0.25) is 0 Å². The van der Waals surface area contributed by atoms with Crippen LogP contribution in [0, 0.1) is 5.92 Å². The number of aliphatic imine (C=N–C) groups is 1. The van der Waals surface area contributed by atoms with Gasteiger partial charge in [-0.15, -0.1) is 13.2 Å². The molecule has 3 rings (SSSR count). The lowest BCUT2D eigenvalue weighted by molar-refractivity contribution is -0.274. The number of ether oxygens (including phenoxy) is 2. The Balaban J connectivity index is 1.62. The number of alkyl halides is 3. The SMILES string of the molecule is CCN=C(NC1CC1c1ccccc1OC(F)(F)F)N(C)CC1CCOC1. The van der Waals surface area contributed by atoms with Crippen molar-refractivity contribution in [3.8, 4) is 5.75 Å². The number of nitrogens with zero attached hydrogens (tertiary/aromatic N) is 2. The highest BCUT2D eigenvalue weighted by Gasteiger charge is 2.43. The van der Waals surface area contributed by atoms with Crippen LogP contribution in [0.4, 0.5) is 13.2 Å². The number of benzene rings is 1. The van der Waals surface area contributed by atoms with Crippen LogP contribution >= 0.6 is 0 Å². The van der Waals surface area contributed by atoms with Gasteiger partial charge in [0.2, 0.25) is 0 Å². The number of para-hydroxylation sites is 1. The van der Waals surface area contributed by atoms with E-state index in [9.17, 15) is 13.2 Å². The van der Waals surface area contributed by atoms with Crippen LogP contribution < -0.4 is 10.1 Å². The Morgan fingerprint density at radius 3 is 2.81 bits per heavy atom. The first-order valence-corrected chi connectivity index (χ1v) is 9.32. The van der Waals surface area contributed by atoms with Gasteiger partial charge < -0.3 is 19.7 Å². The molecule has 3 unspecified atom stereocenters. The molecule has 1 aromatic rings. The Morgan fingerprint density at radius 2 is 2.15 bits per heavy atom. The fourth-order valence-electron chi connectivity index (χ4n) is 3.50. The summed E-state index contributed by atoms with van der Waals surface area (Å²) in [5.41, 5.74) is 0.579. The third-order valence-corrected chi connectivity index (χ3v) is 4.87. The van der Waals surface area contributed by atoms with Crippen molar-refractivity contribution in [2.24, 2.45) is 10.9 Å². The number of guanidine groups is 1. The van der Waals surface area contributed by atoms with Gasteiger partial charge in [-0.1, -0.05) is 18.2 Å². The molecule has 8 heteroatoms. The van der Waals surface area contributed by atoms with Gasteiger partial charge in [0.1, 0.15) is 5.75 Å². The van der Waals surface area contributed by atoms with Crippen LogP contribution in [0.5, 0.6) is 5.75 Å². The van der Waals surface area contributed by atoms with Gasteiger partial charge >= 0.3 is 6.36 Å². The van der Waals surface area contributed by atoms with Crippen LogP contribution in [0.15, 0.2) is 29.3 Å². The minimum Gasteiger partial charge on any atom is -0.405 e. The lowest BCUT2D eigenvalue weighted by Crippen LogP contribution is -2.43. The molecule has 0 aromatic heterocycles. The van der Waals surface area contributed by atoms with E-state index in [0.717, 1.165) is 38.6 Å². The normalized spacial score (nSPS) is 25.4. The molecule has 1 aliphatic carbocycles. The molecule has 0 bridgehead atoms. The molecule has 1 aromatic carbocycles. The van der Waals surface area contributed by atoms with Crippen molar-refractivity contribution < 1.29 is 22.6 Å². The van der Waals surface area contributed by atoms with Crippen LogP contribution in [-0.4, -0.2) is 56.6 Å². The largest absolute Gasteiger partial charge is 0.573 e. The van der Waals surface area contributed by atoms with Crippen molar-refractivity contribution in [2.45, 2.75) is 38.1 Å². The average Bonchev–Trinajstić information content (AvgIpc) is 3.16. The molecule has 1 saturated heterocycles. The molecule has 150 valence electrons. The standard InChI is InChI=1S/C19H26F3N3O2/c1-3-23-18(25(2)11-13-8-9-26-12-13)24-16-10-15(16)14-6-4-5-7-17(14)27-19(20,21)22/h4-7,13,15-16H,3,8-12H2,1-2H3,(H,23,24). The van der Waals surface area contributed by atoms with Gasteiger partial charge in [-0.25, -0.2) is 0 Å². The minimum atomic E-state index is -4.69. The number of rotatable bonds is 6. The molecule has 2 fully saturated rings. The maximum absolute atomic E-state index is 12.6. The highest BCUT2D eigenvalue weighted by atomic mass is 19.4. The van der Waals surface area contributed by atoms with Crippen LogP contribution in [0.1, 0.15) is 31.2 Å². The molecule has 0 spiro atoms. The fraction of sp³-hybridized carbons (Fsp3) is 0.632. The van der Waals surface area contributed by atoms with E-state index in [2.05, 4.69) is 19.9 Å². The summed E-state index contributed by atoms with van der Waals surface area (Å²) in [6.07, 6.45) is -2.90. The molecule has 27 heavy (non-hydrogen) atoms. The molecule has 3 atom stereocenters. The van der Waals surface area contributed by atoms with E-state index in [1.54, 1.807) is 18.2 Å². The summed E-state index contributed by atoms with van der Waals surface area (Å²) in [5, 5.41) is 3.40. The number of hydrogen-bond donors (Lipinski definition) is 1. The van der Waals surface area contributed by atoms with Gasteiger partial charge in [0.15, 0.2) is 5.96 Å². The van der Waals surface area contributed by atoms with E-state index in [4.69, 9.17) is 4.74 Å². The predicted octanol–water partition coefficient (Wildman–Crippen LogP) is 3.37. The van der Waals surface area contributed by atoms with Crippen molar-refractivity contribution in [2.75, 3.05) is 33.4 Å². The van der Waals surface area contributed by atoms with Crippen molar-refractivity contribution in [1.82, 2.24) is 10.2 Å². The number of halogens is 3. The van der Waals surface area contributed by atoms with E-state index in [0.29, 0.717) is 18.0 Å². The van der Waals surface area contributed by atoms with Gasteiger partial charge in [0, 0.05) is 44.6 Å². The molecule has 0 radical (unpaired) electrons. The highest BCUT2D eigenvalue weighted by molar-refractivity contribution is 5.80. The number of hydrogen-bond acceptors (Lipinski definition) is 3. The molecule has 1 heterocycles. The second-order valence-corrected chi connectivity index (χ2v) is 7.09. The second kappa shape index (κ2) is 8.37. The van der Waals surface area contributed by atoms with E-state index < -0.39 is 6.36 Å². The molecular weight excluding hydrogens is 359 g/mol. The Hall–Kier alpha value is -1.96. The highest BCUT2D eigenvalue weighted by Crippen LogP contribution is 2.45. The van der Waals surface area contributed by atoms with Crippen molar-refractivity contribution in [3.63, 3.8) is 0 Å². The monoisotopic (exact) mass is 385 g/mol. The third-order valence-electron chi connectivity index (χ3n) is 4.87. The first-order chi connectivity index (χ1) is 12.9. The van der Waals surface area contributed by atoms with Gasteiger partial charge in [-0.3, -0.25) is 4.99 Å². The smallest absolute Gasteiger partial charge is 0.405 e. The third kappa shape index (κ3) is 5.51. The zero-order chi connectivity index (χ0) is 19.4. The van der Waals surface area contributed by atoms with Crippen molar-refractivity contribution >= 4 is 5.96 Å². The molecule has 5 nitrogen and oxygen atoms in total. The Kier molecular flexibility index (Phi) is 6.14. The van der Waals surface area contributed by atoms with E-state index >= 15 is 0 Å². The molecule has 1 aliphatic heterocycles. The zero-order valence-corrected chi connectivity index (χ0v) is 15.6. The lowest BCUT2D eigenvalue weighted by Gasteiger charge is -2.25. The molecule has 1 N–H and O–H groups in total. The average molecular weight is 385 g/mol. The van der Waals surface area contributed by atoms with Gasteiger partial charge in [-0.05, 0) is 31.4 Å². The van der Waals surface area contributed by atoms with Crippen LogP contribution in [0.25, 0.3) is 0 Å². The maximum Gasteiger partial charge on any atom is 0.573 e. The minimum absolute atomic E-state index is 0.0196. The first-order valence-electron chi connectivity index (χ1n) is 9.32. The van der Waals surface area contributed by atoms with E-state index in [-0.39, 0.29) is 17.7 Å². The quantitative estimate of drug-likeness (QED) is 0.603. The van der Waals surface area contributed by atoms with E-state index in [1.807, 2.05) is 14.0 Å².